The molecule has 0 atom stereocenters. The van der Waals surface area contributed by atoms with Crippen LogP contribution < -0.4 is 15.0 Å². The molecule has 140 valence electrons. The minimum Gasteiger partial charge on any atom is -0.493 e. The second kappa shape index (κ2) is 9.28. The Morgan fingerprint density at radius 1 is 1.04 bits per heavy atom. The van der Waals surface area contributed by atoms with Crippen molar-refractivity contribution in [3.63, 3.8) is 0 Å². The molecule has 0 spiro atoms. The van der Waals surface area contributed by atoms with Crippen LogP contribution >= 0.6 is 11.8 Å². The molecular formula is C21H22N2O3S. The van der Waals surface area contributed by atoms with E-state index in [0.717, 1.165) is 18.6 Å². The Bertz CT molecular complexity index is 942. The Hall–Kier alpha value is -2.73. The van der Waals surface area contributed by atoms with Gasteiger partial charge in [-0.25, -0.2) is 4.98 Å². The fraction of sp³-hybridized carbons (Fsp3) is 0.238. The summed E-state index contributed by atoms with van der Waals surface area (Å²) >= 11 is 1.49. The van der Waals surface area contributed by atoms with Gasteiger partial charge in [-0.1, -0.05) is 30.3 Å². The molecule has 0 bridgehead atoms. The van der Waals surface area contributed by atoms with Gasteiger partial charge in [0.05, 0.1) is 19.9 Å². The predicted octanol–water partition coefficient (Wildman–Crippen LogP) is 3.97. The van der Waals surface area contributed by atoms with Crippen LogP contribution in [0.2, 0.25) is 0 Å². The van der Waals surface area contributed by atoms with Gasteiger partial charge in [0.25, 0.3) is 5.56 Å². The van der Waals surface area contributed by atoms with Crippen LogP contribution in [0.1, 0.15) is 12.0 Å². The molecule has 0 radical (unpaired) electrons. The first-order valence-corrected chi connectivity index (χ1v) is 9.68. The van der Waals surface area contributed by atoms with Crippen molar-refractivity contribution in [1.29, 1.82) is 0 Å². The monoisotopic (exact) mass is 382 g/mol. The predicted molar refractivity (Wildman–Crippen MR) is 108 cm³/mol. The third-order valence-electron chi connectivity index (χ3n) is 4.15. The number of methoxy groups -OCH3 is 2. The van der Waals surface area contributed by atoms with Gasteiger partial charge in [-0.05, 0) is 30.5 Å². The lowest BCUT2D eigenvalue weighted by molar-refractivity contribution is 0.355. The average molecular weight is 382 g/mol. The number of nitrogens with zero attached hydrogens (tertiary/aromatic N) is 2. The van der Waals surface area contributed by atoms with E-state index < -0.39 is 0 Å². The molecule has 0 saturated carbocycles. The third kappa shape index (κ3) is 4.71. The molecule has 1 aromatic heterocycles. The van der Waals surface area contributed by atoms with E-state index in [0.29, 0.717) is 22.2 Å². The lowest BCUT2D eigenvalue weighted by Gasteiger charge is -2.11. The summed E-state index contributed by atoms with van der Waals surface area (Å²) in [5.74, 6) is 2.04. The number of rotatable bonds is 8. The smallest absolute Gasteiger partial charge is 0.287 e. The highest BCUT2D eigenvalue weighted by Crippen LogP contribution is 2.28. The first-order valence-electron chi connectivity index (χ1n) is 8.69. The highest BCUT2D eigenvalue weighted by molar-refractivity contribution is 7.99. The second-order valence-corrected chi connectivity index (χ2v) is 6.97. The molecule has 1 heterocycles. The molecule has 0 aliphatic heterocycles. The van der Waals surface area contributed by atoms with Crippen LogP contribution in [0.4, 0.5) is 0 Å². The van der Waals surface area contributed by atoms with Crippen molar-refractivity contribution in [2.24, 2.45) is 0 Å². The lowest BCUT2D eigenvalue weighted by Crippen LogP contribution is -2.20. The van der Waals surface area contributed by atoms with E-state index >= 15 is 0 Å². The van der Waals surface area contributed by atoms with E-state index in [9.17, 15) is 4.79 Å². The van der Waals surface area contributed by atoms with Crippen LogP contribution in [-0.4, -0.2) is 29.5 Å². The molecule has 2 aromatic carbocycles. The van der Waals surface area contributed by atoms with Crippen molar-refractivity contribution < 1.29 is 9.47 Å². The zero-order valence-corrected chi connectivity index (χ0v) is 16.2. The van der Waals surface area contributed by atoms with E-state index in [1.54, 1.807) is 43.3 Å². The van der Waals surface area contributed by atoms with Gasteiger partial charge in [-0.2, -0.15) is 0 Å². The summed E-state index contributed by atoms with van der Waals surface area (Å²) in [5.41, 5.74) is 1.89. The van der Waals surface area contributed by atoms with E-state index in [1.807, 2.05) is 24.3 Å². The quantitative estimate of drug-likeness (QED) is 0.436. The van der Waals surface area contributed by atoms with Crippen molar-refractivity contribution >= 4 is 11.8 Å². The normalized spacial score (nSPS) is 10.6. The Kier molecular flexibility index (Phi) is 6.54. The van der Waals surface area contributed by atoms with Crippen LogP contribution in [0.3, 0.4) is 0 Å². The van der Waals surface area contributed by atoms with E-state index in [4.69, 9.17) is 9.47 Å². The molecule has 0 N–H and O–H groups in total. The van der Waals surface area contributed by atoms with Gasteiger partial charge < -0.3 is 9.47 Å². The fourth-order valence-corrected chi connectivity index (χ4v) is 3.60. The lowest BCUT2D eigenvalue weighted by atomic mass is 10.1. The van der Waals surface area contributed by atoms with Crippen molar-refractivity contribution in [3.05, 3.63) is 76.8 Å². The summed E-state index contributed by atoms with van der Waals surface area (Å²) in [6, 6.07) is 15.7. The van der Waals surface area contributed by atoms with Gasteiger partial charge >= 0.3 is 0 Å². The number of hydrogen-bond acceptors (Lipinski definition) is 5. The summed E-state index contributed by atoms with van der Waals surface area (Å²) in [7, 11) is 3.16. The summed E-state index contributed by atoms with van der Waals surface area (Å²) in [6.07, 6.45) is 5.29. The van der Waals surface area contributed by atoms with E-state index in [-0.39, 0.29) is 5.56 Å². The summed E-state index contributed by atoms with van der Waals surface area (Å²) < 4.78 is 12.2. The zero-order valence-electron chi connectivity index (χ0n) is 15.4. The zero-order chi connectivity index (χ0) is 19.1. The SMILES string of the molecule is COc1ccc(-n2ccnc(SCCCc3ccccc3)c2=O)cc1OC. The van der Waals surface area contributed by atoms with Gasteiger partial charge in [0.1, 0.15) is 0 Å². The van der Waals surface area contributed by atoms with Crippen LogP contribution in [0.15, 0.2) is 70.7 Å². The summed E-state index contributed by atoms with van der Waals surface area (Å²) in [4.78, 5) is 17.1. The molecule has 0 amide bonds. The summed E-state index contributed by atoms with van der Waals surface area (Å²) in [6.45, 7) is 0. The number of aryl methyl sites for hydroxylation is 1. The Morgan fingerprint density at radius 2 is 1.81 bits per heavy atom. The Labute approximate surface area is 163 Å². The number of thioether (sulfide) groups is 1. The first kappa shape index (κ1) is 19.0. The van der Waals surface area contributed by atoms with Gasteiger partial charge in [-0.3, -0.25) is 9.36 Å². The van der Waals surface area contributed by atoms with Crippen molar-refractivity contribution in [1.82, 2.24) is 9.55 Å². The van der Waals surface area contributed by atoms with Crippen molar-refractivity contribution in [2.45, 2.75) is 17.9 Å². The highest BCUT2D eigenvalue weighted by Gasteiger charge is 2.10. The first-order chi connectivity index (χ1) is 13.2. The van der Waals surface area contributed by atoms with Gasteiger partial charge in [0, 0.05) is 24.2 Å². The van der Waals surface area contributed by atoms with Crippen molar-refractivity contribution in [2.75, 3.05) is 20.0 Å². The van der Waals surface area contributed by atoms with E-state index in [2.05, 4.69) is 17.1 Å². The topological polar surface area (TPSA) is 53.4 Å². The molecule has 0 unspecified atom stereocenters. The maximum Gasteiger partial charge on any atom is 0.287 e. The third-order valence-corrected chi connectivity index (χ3v) is 5.19. The van der Waals surface area contributed by atoms with Crippen molar-refractivity contribution in [3.8, 4) is 17.2 Å². The number of hydrogen-bond donors (Lipinski definition) is 0. The van der Waals surface area contributed by atoms with Crippen LogP contribution in [0, 0.1) is 0 Å². The minimum absolute atomic E-state index is 0.130. The average Bonchev–Trinajstić information content (AvgIpc) is 2.72. The van der Waals surface area contributed by atoms with Crippen LogP contribution in [-0.2, 0) is 6.42 Å². The fourth-order valence-electron chi connectivity index (χ4n) is 2.76. The van der Waals surface area contributed by atoms with Gasteiger partial charge in [-0.15, -0.1) is 11.8 Å². The largest absolute Gasteiger partial charge is 0.493 e. The standard InChI is InChI=1S/C21H22N2O3S/c1-25-18-11-10-17(15-19(18)26-2)23-13-12-22-20(21(23)24)27-14-6-9-16-7-4-3-5-8-16/h3-5,7-8,10-13,15H,6,9,14H2,1-2H3. The second-order valence-electron chi connectivity index (χ2n) is 5.88. The molecule has 3 rings (SSSR count). The van der Waals surface area contributed by atoms with Crippen LogP contribution in [0.5, 0.6) is 11.5 Å². The Balaban J connectivity index is 1.71. The molecule has 5 nitrogen and oxygen atoms in total. The molecule has 27 heavy (non-hydrogen) atoms. The minimum atomic E-state index is -0.130. The summed E-state index contributed by atoms with van der Waals surface area (Å²) in [5, 5.41) is 0.500. The maximum absolute atomic E-state index is 12.8. The molecular weight excluding hydrogens is 360 g/mol. The number of aromatic nitrogens is 2. The van der Waals surface area contributed by atoms with Crippen LogP contribution in [0.25, 0.3) is 5.69 Å². The Morgan fingerprint density at radius 3 is 2.56 bits per heavy atom. The molecule has 6 heteroatoms. The maximum atomic E-state index is 12.8. The molecule has 0 aliphatic carbocycles. The highest BCUT2D eigenvalue weighted by atomic mass is 32.2. The van der Waals surface area contributed by atoms with Gasteiger partial charge in [0.2, 0.25) is 0 Å². The molecule has 0 saturated heterocycles. The van der Waals surface area contributed by atoms with Gasteiger partial charge in [0.15, 0.2) is 16.5 Å². The van der Waals surface area contributed by atoms with E-state index in [1.165, 1.54) is 17.3 Å². The molecule has 3 aromatic rings. The number of ether oxygens (including phenoxy) is 2. The molecule has 0 aliphatic rings. The molecule has 0 fully saturated rings. The number of benzene rings is 2.